The summed E-state index contributed by atoms with van der Waals surface area (Å²) in [7, 11) is 1.45. The number of aromatic nitrogens is 1. The highest BCUT2D eigenvalue weighted by Crippen LogP contribution is 2.29. The number of nitrogens with one attached hydrogen (secondary N) is 1. The van der Waals surface area contributed by atoms with E-state index in [0.717, 1.165) is 0 Å². The van der Waals surface area contributed by atoms with E-state index in [4.69, 9.17) is 4.74 Å². The summed E-state index contributed by atoms with van der Waals surface area (Å²) in [6.45, 7) is 0. The molecule has 0 atom stereocenters. The second-order valence-electron chi connectivity index (χ2n) is 3.14. The van der Waals surface area contributed by atoms with Gasteiger partial charge < -0.3 is 9.72 Å². The van der Waals surface area contributed by atoms with Gasteiger partial charge in [0, 0.05) is 17.6 Å². The van der Waals surface area contributed by atoms with E-state index >= 15 is 0 Å². The van der Waals surface area contributed by atoms with E-state index in [9.17, 15) is 14.9 Å². The number of nitro benzene ring substituents is 1. The van der Waals surface area contributed by atoms with Crippen LogP contribution in [0, 0.1) is 10.1 Å². The highest BCUT2D eigenvalue weighted by Gasteiger charge is 2.17. The second-order valence-corrected chi connectivity index (χ2v) is 3.14. The Labute approximate surface area is 89.6 Å². The SMILES string of the molecule is COc1ccc([N+](=O)[O-])c2c(=O)[nH]ccc12. The Morgan fingerprint density at radius 2 is 2.12 bits per heavy atom. The Kier molecular flexibility index (Phi) is 2.32. The Morgan fingerprint density at radius 1 is 1.38 bits per heavy atom. The normalized spacial score (nSPS) is 10.3. The monoisotopic (exact) mass is 220 g/mol. The minimum absolute atomic E-state index is 0.0341. The molecule has 2 rings (SSSR count). The van der Waals surface area contributed by atoms with Crippen molar-refractivity contribution < 1.29 is 9.66 Å². The van der Waals surface area contributed by atoms with Gasteiger partial charge in [0.1, 0.15) is 11.1 Å². The first-order valence-electron chi connectivity index (χ1n) is 4.48. The summed E-state index contributed by atoms with van der Waals surface area (Å²) < 4.78 is 5.04. The molecular weight excluding hydrogens is 212 g/mol. The summed E-state index contributed by atoms with van der Waals surface area (Å²) in [4.78, 5) is 24.2. The molecule has 0 radical (unpaired) electrons. The molecule has 0 aliphatic heterocycles. The van der Waals surface area contributed by atoms with Gasteiger partial charge >= 0.3 is 0 Å². The average molecular weight is 220 g/mol. The molecule has 1 aromatic carbocycles. The zero-order valence-corrected chi connectivity index (χ0v) is 8.39. The van der Waals surface area contributed by atoms with Crippen molar-refractivity contribution in [2.24, 2.45) is 0 Å². The first-order chi connectivity index (χ1) is 7.65. The number of pyridine rings is 1. The Balaban J connectivity index is 2.98. The number of fused-ring (bicyclic) bond motifs is 1. The van der Waals surface area contributed by atoms with E-state index in [2.05, 4.69) is 4.98 Å². The molecule has 6 heteroatoms. The smallest absolute Gasteiger partial charge is 0.283 e. The number of hydrogen-bond acceptors (Lipinski definition) is 4. The number of benzene rings is 1. The van der Waals surface area contributed by atoms with Crippen LogP contribution in [0.5, 0.6) is 5.75 Å². The van der Waals surface area contributed by atoms with Gasteiger partial charge in [0.25, 0.3) is 11.2 Å². The van der Waals surface area contributed by atoms with E-state index < -0.39 is 10.5 Å². The van der Waals surface area contributed by atoms with Crippen LogP contribution >= 0.6 is 0 Å². The van der Waals surface area contributed by atoms with Crippen LogP contribution in [0.3, 0.4) is 0 Å². The number of aromatic amines is 1. The largest absolute Gasteiger partial charge is 0.496 e. The molecule has 82 valence electrons. The third kappa shape index (κ3) is 1.40. The van der Waals surface area contributed by atoms with E-state index in [0.29, 0.717) is 11.1 Å². The molecule has 0 saturated heterocycles. The molecule has 6 nitrogen and oxygen atoms in total. The maximum Gasteiger partial charge on any atom is 0.283 e. The molecule has 16 heavy (non-hydrogen) atoms. The minimum atomic E-state index is -0.586. The third-order valence-electron chi connectivity index (χ3n) is 2.29. The standard InChI is InChI=1S/C10H8N2O4/c1-16-8-3-2-7(12(14)15)9-6(8)4-5-11-10(9)13/h2-5H,1H3,(H,11,13). The lowest BCUT2D eigenvalue weighted by Gasteiger charge is -2.04. The van der Waals surface area contributed by atoms with Crippen molar-refractivity contribution in [3.8, 4) is 5.75 Å². The molecule has 0 unspecified atom stereocenters. The van der Waals surface area contributed by atoms with Crippen molar-refractivity contribution in [2.45, 2.75) is 0 Å². The molecule has 0 bridgehead atoms. The lowest BCUT2D eigenvalue weighted by Crippen LogP contribution is -2.07. The molecule has 0 aliphatic carbocycles. The number of H-pyrrole nitrogens is 1. The number of hydrogen-bond donors (Lipinski definition) is 1. The van der Waals surface area contributed by atoms with Crippen molar-refractivity contribution in [3.63, 3.8) is 0 Å². The van der Waals surface area contributed by atoms with Crippen LogP contribution in [-0.4, -0.2) is 17.0 Å². The summed E-state index contributed by atoms with van der Waals surface area (Å²) >= 11 is 0. The number of ether oxygens (including phenoxy) is 1. The molecule has 1 aromatic heterocycles. The van der Waals surface area contributed by atoms with Crippen molar-refractivity contribution in [1.82, 2.24) is 4.98 Å². The fourth-order valence-electron chi connectivity index (χ4n) is 1.60. The van der Waals surface area contributed by atoms with Crippen LogP contribution in [0.1, 0.15) is 0 Å². The Bertz CT molecular complexity index is 618. The molecule has 1 N–H and O–H groups in total. The topological polar surface area (TPSA) is 85.2 Å². The first-order valence-corrected chi connectivity index (χ1v) is 4.48. The molecule has 1 heterocycles. The van der Waals surface area contributed by atoms with Crippen molar-refractivity contribution in [3.05, 3.63) is 44.9 Å². The molecule has 0 aliphatic rings. The molecule has 0 spiro atoms. The van der Waals surface area contributed by atoms with Crippen molar-refractivity contribution in [2.75, 3.05) is 7.11 Å². The van der Waals surface area contributed by atoms with Gasteiger partial charge in [-0.2, -0.15) is 0 Å². The van der Waals surface area contributed by atoms with E-state index in [1.165, 1.54) is 25.4 Å². The van der Waals surface area contributed by atoms with E-state index in [-0.39, 0.29) is 11.1 Å². The number of rotatable bonds is 2. The van der Waals surface area contributed by atoms with Gasteiger partial charge in [-0.1, -0.05) is 0 Å². The summed E-state index contributed by atoms with van der Waals surface area (Å²) in [5.41, 5.74) is -0.722. The van der Waals surface area contributed by atoms with Crippen molar-refractivity contribution in [1.29, 1.82) is 0 Å². The van der Waals surface area contributed by atoms with Gasteiger partial charge in [0.15, 0.2) is 0 Å². The van der Waals surface area contributed by atoms with Crippen LogP contribution in [-0.2, 0) is 0 Å². The lowest BCUT2D eigenvalue weighted by molar-refractivity contribution is -0.383. The first kappa shape index (κ1) is 10.2. The third-order valence-corrected chi connectivity index (χ3v) is 2.29. The molecular formula is C10H8N2O4. The van der Waals surface area contributed by atoms with Crippen LogP contribution in [0.25, 0.3) is 10.8 Å². The summed E-state index contributed by atoms with van der Waals surface area (Å²) in [6.07, 6.45) is 1.43. The van der Waals surface area contributed by atoms with Gasteiger partial charge in [0.2, 0.25) is 0 Å². The number of methoxy groups -OCH3 is 1. The Morgan fingerprint density at radius 3 is 2.75 bits per heavy atom. The van der Waals surface area contributed by atoms with Crippen LogP contribution < -0.4 is 10.3 Å². The lowest BCUT2D eigenvalue weighted by atomic mass is 10.1. The van der Waals surface area contributed by atoms with Crippen molar-refractivity contribution >= 4 is 16.5 Å². The fourth-order valence-corrected chi connectivity index (χ4v) is 1.60. The van der Waals surface area contributed by atoms with Gasteiger partial charge in [-0.05, 0) is 12.1 Å². The highest BCUT2D eigenvalue weighted by atomic mass is 16.6. The molecule has 0 saturated carbocycles. The van der Waals surface area contributed by atoms with Gasteiger partial charge in [-0.3, -0.25) is 14.9 Å². The second kappa shape index (κ2) is 3.65. The average Bonchev–Trinajstić information content (AvgIpc) is 2.28. The zero-order valence-electron chi connectivity index (χ0n) is 8.39. The van der Waals surface area contributed by atoms with Crippen LogP contribution in [0.15, 0.2) is 29.2 Å². The predicted molar refractivity (Wildman–Crippen MR) is 57.8 cm³/mol. The predicted octanol–water partition coefficient (Wildman–Crippen LogP) is 1.44. The maximum atomic E-state index is 11.6. The van der Waals surface area contributed by atoms with E-state index in [1.807, 2.05) is 0 Å². The number of non-ortho nitro benzene ring substituents is 1. The van der Waals surface area contributed by atoms with Gasteiger partial charge in [-0.25, -0.2) is 0 Å². The number of nitrogens with zero attached hydrogens (tertiary/aromatic N) is 1. The Hall–Kier alpha value is -2.37. The van der Waals surface area contributed by atoms with Crippen LogP contribution in [0.2, 0.25) is 0 Å². The summed E-state index contributed by atoms with van der Waals surface area (Å²) in [5.74, 6) is 0.437. The maximum absolute atomic E-state index is 11.6. The van der Waals surface area contributed by atoms with Crippen LogP contribution in [0.4, 0.5) is 5.69 Å². The molecule has 2 aromatic rings. The summed E-state index contributed by atoms with van der Waals surface area (Å²) in [5, 5.41) is 11.2. The van der Waals surface area contributed by atoms with Gasteiger partial charge in [-0.15, -0.1) is 0 Å². The fraction of sp³-hybridized carbons (Fsp3) is 0.100. The highest BCUT2D eigenvalue weighted by molar-refractivity contribution is 5.94. The quantitative estimate of drug-likeness (QED) is 0.613. The minimum Gasteiger partial charge on any atom is -0.496 e. The number of nitro groups is 1. The molecule has 0 amide bonds. The zero-order chi connectivity index (χ0) is 11.7. The molecule has 0 fully saturated rings. The van der Waals surface area contributed by atoms with E-state index in [1.54, 1.807) is 6.07 Å². The summed E-state index contributed by atoms with van der Waals surface area (Å²) in [6, 6.07) is 4.30. The van der Waals surface area contributed by atoms with Gasteiger partial charge in [0.05, 0.1) is 12.0 Å².